The number of H-pyrrole nitrogens is 1. The van der Waals surface area contributed by atoms with E-state index in [1.165, 1.54) is 10.4 Å². The van der Waals surface area contributed by atoms with Crippen molar-refractivity contribution < 1.29 is 0 Å². The monoisotopic (exact) mass is 260 g/mol. The number of aromatic nitrogens is 2. The summed E-state index contributed by atoms with van der Waals surface area (Å²) >= 11 is 7.16. The third-order valence-corrected chi connectivity index (χ3v) is 4.10. The van der Waals surface area contributed by atoms with Gasteiger partial charge in [0.25, 0.3) is 0 Å². The van der Waals surface area contributed by atoms with E-state index in [1.54, 1.807) is 11.3 Å². The van der Waals surface area contributed by atoms with Gasteiger partial charge in [0, 0.05) is 11.4 Å². The minimum atomic E-state index is 0.808. The van der Waals surface area contributed by atoms with Crippen LogP contribution >= 0.6 is 23.6 Å². The lowest BCUT2D eigenvalue weighted by molar-refractivity contribution is 0.712. The zero-order valence-corrected chi connectivity index (χ0v) is 10.9. The van der Waals surface area contributed by atoms with Gasteiger partial charge in [-0.1, -0.05) is 18.2 Å². The molecule has 0 saturated carbocycles. The van der Waals surface area contributed by atoms with Crippen LogP contribution in [0.25, 0.3) is 11.0 Å². The first kappa shape index (κ1) is 10.7. The molecule has 0 aliphatic carbocycles. The molecule has 1 N–H and O–H groups in total. The second-order valence-electron chi connectivity index (χ2n) is 3.93. The quantitative estimate of drug-likeness (QED) is 0.706. The highest BCUT2D eigenvalue weighted by Gasteiger charge is 2.03. The van der Waals surface area contributed by atoms with Gasteiger partial charge in [-0.15, -0.1) is 11.3 Å². The average molecular weight is 260 g/mol. The number of fused-ring (bicyclic) bond motifs is 1. The fourth-order valence-electron chi connectivity index (χ4n) is 2.01. The third kappa shape index (κ3) is 2.06. The highest BCUT2D eigenvalue weighted by Crippen LogP contribution is 2.16. The van der Waals surface area contributed by atoms with Crippen molar-refractivity contribution in [1.29, 1.82) is 0 Å². The van der Waals surface area contributed by atoms with Crippen molar-refractivity contribution in [3.63, 3.8) is 0 Å². The van der Waals surface area contributed by atoms with Gasteiger partial charge in [0.15, 0.2) is 4.77 Å². The summed E-state index contributed by atoms with van der Waals surface area (Å²) < 4.78 is 2.98. The first-order chi connectivity index (χ1) is 8.34. The van der Waals surface area contributed by atoms with E-state index in [2.05, 4.69) is 39.2 Å². The number of thiophene rings is 1. The number of aromatic amines is 1. The molecular weight excluding hydrogens is 248 g/mol. The number of nitrogens with zero attached hydrogens (tertiary/aromatic N) is 1. The largest absolute Gasteiger partial charge is 0.331 e. The molecule has 0 aliphatic rings. The number of imidazole rings is 1. The van der Waals surface area contributed by atoms with Crippen molar-refractivity contribution in [2.45, 2.75) is 13.0 Å². The van der Waals surface area contributed by atoms with Crippen LogP contribution in [0.5, 0.6) is 0 Å². The molecular formula is C13H12N2S2. The Labute approximate surface area is 109 Å². The van der Waals surface area contributed by atoms with Gasteiger partial charge in [-0.2, -0.15) is 0 Å². The van der Waals surface area contributed by atoms with Gasteiger partial charge in [0.2, 0.25) is 0 Å². The molecule has 0 bridgehead atoms. The van der Waals surface area contributed by atoms with E-state index in [9.17, 15) is 0 Å². The standard InChI is InChI=1S/C13H12N2S2/c16-13-14-11-5-1-2-6-12(11)15(13)8-7-10-4-3-9-17-10/h1-6,9H,7-8H2,(H,14,16). The molecule has 0 atom stereocenters. The van der Waals surface area contributed by atoms with Crippen LogP contribution in [-0.4, -0.2) is 9.55 Å². The van der Waals surface area contributed by atoms with Crippen LogP contribution in [0, 0.1) is 4.77 Å². The number of aryl methyl sites for hydroxylation is 2. The van der Waals surface area contributed by atoms with E-state index in [-0.39, 0.29) is 0 Å². The topological polar surface area (TPSA) is 20.7 Å². The van der Waals surface area contributed by atoms with Gasteiger partial charge in [-0.25, -0.2) is 0 Å². The molecule has 86 valence electrons. The van der Waals surface area contributed by atoms with Crippen LogP contribution in [0.2, 0.25) is 0 Å². The van der Waals surface area contributed by atoms with Crippen LogP contribution in [-0.2, 0) is 13.0 Å². The maximum Gasteiger partial charge on any atom is 0.178 e. The molecule has 0 saturated heterocycles. The number of benzene rings is 1. The van der Waals surface area contributed by atoms with Crippen LogP contribution in [0.4, 0.5) is 0 Å². The highest BCUT2D eigenvalue weighted by molar-refractivity contribution is 7.71. The third-order valence-electron chi connectivity index (χ3n) is 2.84. The van der Waals surface area contributed by atoms with Crippen LogP contribution in [0.1, 0.15) is 4.88 Å². The Morgan fingerprint density at radius 1 is 1.18 bits per heavy atom. The number of nitrogens with one attached hydrogen (secondary N) is 1. The lowest BCUT2D eigenvalue weighted by atomic mass is 10.3. The zero-order valence-electron chi connectivity index (χ0n) is 9.22. The summed E-state index contributed by atoms with van der Waals surface area (Å²) in [5.74, 6) is 0. The Hall–Kier alpha value is -1.39. The molecule has 1 aromatic carbocycles. The van der Waals surface area contributed by atoms with E-state index in [1.807, 2.05) is 12.1 Å². The number of para-hydroxylation sites is 2. The molecule has 3 aromatic rings. The van der Waals surface area contributed by atoms with Crippen LogP contribution in [0.3, 0.4) is 0 Å². The van der Waals surface area contributed by atoms with Crippen LogP contribution in [0.15, 0.2) is 41.8 Å². The van der Waals surface area contributed by atoms with E-state index in [4.69, 9.17) is 12.2 Å². The Morgan fingerprint density at radius 2 is 2.06 bits per heavy atom. The maximum atomic E-state index is 5.36. The van der Waals surface area contributed by atoms with Gasteiger partial charge in [-0.05, 0) is 42.2 Å². The van der Waals surface area contributed by atoms with Crippen molar-refractivity contribution in [2.24, 2.45) is 0 Å². The second-order valence-corrected chi connectivity index (χ2v) is 5.35. The molecule has 0 spiro atoms. The zero-order chi connectivity index (χ0) is 11.7. The Kier molecular flexibility index (Phi) is 2.82. The maximum absolute atomic E-state index is 5.36. The molecule has 0 amide bonds. The van der Waals surface area contributed by atoms with Gasteiger partial charge >= 0.3 is 0 Å². The van der Waals surface area contributed by atoms with Gasteiger partial charge in [-0.3, -0.25) is 0 Å². The molecule has 0 fully saturated rings. The second kappa shape index (κ2) is 4.47. The minimum absolute atomic E-state index is 0.808. The summed E-state index contributed by atoms with van der Waals surface area (Å²) in [5, 5.41) is 2.11. The minimum Gasteiger partial charge on any atom is -0.331 e. The lowest BCUT2D eigenvalue weighted by Gasteiger charge is -2.02. The van der Waals surface area contributed by atoms with Crippen molar-refractivity contribution in [2.75, 3.05) is 0 Å². The van der Waals surface area contributed by atoms with E-state index in [0.29, 0.717) is 0 Å². The fraction of sp³-hybridized carbons (Fsp3) is 0.154. The van der Waals surface area contributed by atoms with Gasteiger partial charge in [0.05, 0.1) is 11.0 Å². The molecule has 4 heteroatoms. The summed E-state index contributed by atoms with van der Waals surface area (Å²) in [4.78, 5) is 4.64. The Bertz CT molecular complexity index is 677. The lowest BCUT2D eigenvalue weighted by Crippen LogP contribution is -2.00. The van der Waals surface area contributed by atoms with Crippen molar-refractivity contribution in [3.05, 3.63) is 51.4 Å². The van der Waals surface area contributed by atoms with Crippen molar-refractivity contribution in [3.8, 4) is 0 Å². The predicted octanol–water partition coefficient (Wildman–Crippen LogP) is 4.00. The van der Waals surface area contributed by atoms with Crippen molar-refractivity contribution in [1.82, 2.24) is 9.55 Å². The van der Waals surface area contributed by atoms with E-state index < -0.39 is 0 Å². The highest BCUT2D eigenvalue weighted by atomic mass is 32.1. The number of rotatable bonds is 3. The van der Waals surface area contributed by atoms with Crippen molar-refractivity contribution >= 4 is 34.6 Å². The summed E-state index contributed by atoms with van der Waals surface area (Å²) in [6.07, 6.45) is 1.04. The first-order valence-electron chi connectivity index (χ1n) is 5.54. The predicted molar refractivity (Wildman–Crippen MR) is 75.1 cm³/mol. The molecule has 0 unspecified atom stereocenters. The SMILES string of the molecule is S=c1[nH]c2ccccc2n1CCc1cccs1. The number of hydrogen-bond acceptors (Lipinski definition) is 2. The Balaban J connectivity index is 1.94. The van der Waals surface area contributed by atoms with Gasteiger partial charge < -0.3 is 9.55 Å². The molecule has 2 nitrogen and oxygen atoms in total. The summed E-state index contributed by atoms with van der Waals surface area (Å²) in [6.45, 7) is 0.934. The van der Waals surface area contributed by atoms with E-state index in [0.717, 1.165) is 23.3 Å². The molecule has 17 heavy (non-hydrogen) atoms. The summed E-state index contributed by atoms with van der Waals surface area (Å²) in [6, 6.07) is 12.5. The van der Waals surface area contributed by atoms with Gasteiger partial charge in [0.1, 0.15) is 0 Å². The number of hydrogen-bond donors (Lipinski definition) is 1. The molecule has 2 aromatic heterocycles. The molecule has 2 heterocycles. The first-order valence-corrected chi connectivity index (χ1v) is 6.83. The van der Waals surface area contributed by atoms with Crippen LogP contribution < -0.4 is 0 Å². The normalized spacial score (nSPS) is 11.1. The molecule has 0 radical (unpaired) electrons. The van der Waals surface area contributed by atoms with E-state index >= 15 is 0 Å². The average Bonchev–Trinajstić information content (AvgIpc) is 2.93. The summed E-state index contributed by atoms with van der Waals surface area (Å²) in [7, 11) is 0. The Morgan fingerprint density at radius 3 is 2.88 bits per heavy atom. The smallest absolute Gasteiger partial charge is 0.178 e. The molecule has 0 aliphatic heterocycles. The summed E-state index contributed by atoms with van der Waals surface area (Å²) in [5.41, 5.74) is 2.30. The molecule has 3 rings (SSSR count). The fourth-order valence-corrected chi connectivity index (χ4v) is 3.00.